The first kappa shape index (κ1) is 19.7. The van der Waals surface area contributed by atoms with E-state index in [-0.39, 0.29) is 11.0 Å². The monoisotopic (exact) mass is 374 g/mol. The molecule has 0 aliphatic carbocycles. The molecule has 6 nitrogen and oxygen atoms in total. The molecule has 2 aromatic carbocycles. The summed E-state index contributed by atoms with van der Waals surface area (Å²) in [6.45, 7) is 3.37. The fourth-order valence-electron chi connectivity index (χ4n) is 2.14. The number of hydrogen-bond acceptors (Lipinski definition) is 5. The number of hydrogen-bond donors (Lipinski definition) is 2. The minimum Gasteiger partial charge on any atom is -0.497 e. The summed E-state index contributed by atoms with van der Waals surface area (Å²) in [5.41, 5.74) is 1.15. The van der Waals surface area contributed by atoms with Crippen molar-refractivity contribution in [3.05, 3.63) is 54.1 Å². The molecular weight excluding hydrogens is 352 g/mol. The Morgan fingerprint density at radius 1 is 1.08 bits per heavy atom. The normalized spacial score (nSPS) is 10.1. The number of nitrogens with one attached hydrogen (secondary N) is 2. The molecule has 1 amide bonds. The molecule has 0 fully saturated rings. The van der Waals surface area contributed by atoms with Gasteiger partial charge in [-0.1, -0.05) is 12.1 Å². The van der Waals surface area contributed by atoms with Gasteiger partial charge in [0.15, 0.2) is 5.11 Å². The zero-order valence-corrected chi connectivity index (χ0v) is 15.6. The van der Waals surface area contributed by atoms with E-state index in [1.165, 1.54) is 0 Å². The van der Waals surface area contributed by atoms with Crippen LogP contribution < -0.4 is 20.1 Å². The summed E-state index contributed by atoms with van der Waals surface area (Å²) in [5.74, 6) is 0.878. The highest BCUT2D eigenvalue weighted by Gasteiger charge is 2.13. The first-order chi connectivity index (χ1) is 12.6. The minimum atomic E-state index is -0.344. The van der Waals surface area contributed by atoms with Crippen molar-refractivity contribution in [3.63, 3.8) is 0 Å². The van der Waals surface area contributed by atoms with Crippen LogP contribution in [0, 0.1) is 0 Å². The quantitative estimate of drug-likeness (QED) is 0.546. The molecule has 2 aromatic rings. The summed E-state index contributed by atoms with van der Waals surface area (Å²) in [4.78, 5) is 12.5. The predicted molar refractivity (Wildman–Crippen MR) is 105 cm³/mol. The van der Waals surface area contributed by atoms with E-state index in [0.717, 1.165) is 11.4 Å². The highest BCUT2D eigenvalue weighted by Crippen LogP contribution is 2.18. The lowest BCUT2D eigenvalue weighted by Gasteiger charge is -2.13. The maximum absolute atomic E-state index is 12.5. The third-order valence-electron chi connectivity index (χ3n) is 3.40. The molecule has 2 rings (SSSR count). The lowest BCUT2D eigenvalue weighted by atomic mass is 10.2. The van der Waals surface area contributed by atoms with Crippen molar-refractivity contribution in [1.29, 1.82) is 0 Å². The van der Waals surface area contributed by atoms with Gasteiger partial charge < -0.3 is 19.5 Å². The van der Waals surface area contributed by atoms with Gasteiger partial charge in [-0.2, -0.15) is 0 Å². The van der Waals surface area contributed by atoms with Crippen LogP contribution in [0.3, 0.4) is 0 Å². The lowest BCUT2D eigenvalue weighted by molar-refractivity contribution is 0.0958. The Hall–Kier alpha value is -2.64. The Labute approximate surface area is 158 Å². The summed E-state index contributed by atoms with van der Waals surface area (Å²) < 4.78 is 16.0. The van der Waals surface area contributed by atoms with Crippen molar-refractivity contribution in [2.75, 3.05) is 32.2 Å². The van der Waals surface area contributed by atoms with E-state index in [9.17, 15) is 4.79 Å². The smallest absolute Gasteiger partial charge is 0.261 e. The number of amides is 1. The molecule has 0 saturated carbocycles. The Morgan fingerprint density at radius 3 is 2.50 bits per heavy atom. The number of anilines is 1. The molecule has 0 atom stereocenters. The van der Waals surface area contributed by atoms with Gasteiger partial charge in [0.1, 0.15) is 18.1 Å². The van der Waals surface area contributed by atoms with Crippen LogP contribution in [-0.2, 0) is 4.74 Å². The second kappa shape index (κ2) is 10.4. The molecule has 0 aliphatic rings. The van der Waals surface area contributed by atoms with E-state index in [0.29, 0.717) is 31.1 Å². The fraction of sp³-hybridized carbons (Fsp3) is 0.263. The number of ether oxygens (including phenoxy) is 3. The molecule has 7 heteroatoms. The molecule has 0 saturated heterocycles. The van der Waals surface area contributed by atoms with Gasteiger partial charge in [-0.3, -0.25) is 10.1 Å². The largest absolute Gasteiger partial charge is 0.497 e. The van der Waals surface area contributed by atoms with Gasteiger partial charge in [-0.15, -0.1) is 0 Å². The predicted octanol–water partition coefficient (Wildman–Crippen LogP) is 3.24. The molecule has 0 heterocycles. The number of thiocarbonyl (C=S) groups is 1. The van der Waals surface area contributed by atoms with Crippen LogP contribution in [0.4, 0.5) is 5.69 Å². The SMILES string of the molecule is CCOCCOc1ccccc1C(=O)NC(=S)Nc1ccc(OC)cc1. The van der Waals surface area contributed by atoms with Gasteiger partial charge in [0.2, 0.25) is 0 Å². The molecular formula is C19H22N2O4S. The van der Waals surface area contributed by atoms with E-state index in [4.69, 9.17) is 26.4 Å². The van der Waals surface area contributed by atoms with Crippen LogP contribution >= 0.6 is 12.2 Å². The standard InChI is InChI=1S/C19H22N2O4S/c1-3-24-12-13-25-17-7-5-4-6-16(17)18(22)21-19(26)20-14-8-10-15(23-2)11-9-14/h4-11H,3,12-13H2,1-2H3,(H2,20,21,22,26). The van der Waals surface area contributed by atoms with E-state index >= 15 is 0 Å². The molecule has 0 aliphatic heterocycles. The number of para-hydroxylation sites is 1. The van der Waals surface area contributed by atoms with Crippen LogP contribution in [-0.4, -0.2) is 38.0 Å². The van der Waals surface area contributed by atoms with Crippen LogP contribution in [0.25, 0.3) is 0 Å². The molecule has 26 heavy (non-hydrogen) atoms. The average Bonchev–Trinajstić information content (AvgIpc) is 2.66. The maximum atomic E-state index is 12.5. The van der Waals surface area contributed by atoms with Crippen LogP contribution in [0.5, 0.6) is 11.5 Å². The summed E-state index contributed by atoms with van der Waals surface area (Å²) in [6.07, 6.45) is 0. The molecule has 0 radical (unpaired) electrons. The van der Waals surface area contributed by atoms with E-state index in [2.05, 4.69) is 10.6 Å². The third-order valence-corrected chi connectivity index (χ3v) is 3.60. The molecule has 138 valence electrons. The topological polar surface area (TPSA) is 68.8 Å². The Balaban J connectivity index is 1.94. The minimum absolute atomic E-state index is 0.198. The summed E-state index contributed by atoms with van der Waals surface area (Å²) in [7, 11) is 1.60. The first-order valence-electron chi connectivity index (χ1n) is 8.20. The number of methoxy groups -OCH3 is 1. The van der Waals surface area contributed by atoms with Gasteiger partial charge in [-0.25, -0.2) is 0 Å². The molecule has 0 bridgehead atoms. The zero-order valence-electron chi connectivity index (χ0n) is 14.8. The average molecular weight is 374 g/mol. The third kappa shape index (κ3) is 6.02. The first-order valence-corrected chi connectivity index (χ1v) is 8.60. The fourth-order valence-corrected chi connectivity index (χ4v) is 2.35. The highest BCUT2D eigenvalue weighted by atomic mass is 32.1. The van der Waals surface area contributed by atoms with Gasteiger partial charge in [0.25, 0.3) is 5.91 Å². The lowest BCUT2D eigenvalue weighted by Crippen LogP contribution is -2.34. The molecule has 2 N–H and O–H groups in total. The van der Waals surface area contributed by atoms with E-state index in [1.54, 1.807) is 43.5 Å². The van der Waals surface area contributed by atoms with E-state index < -0.39 is 0 Å². The van der Waals surface area contributed by atoms with Crippen molar-refractivity contribution in [2.45, 2.75) is 6.92 Å². The number of carbonyl (C=O) groups is 1. The number of rotatable bonds is 8. The molecule has 0 unspecified atom stereocenters. The summed E-state index contributed by atoms with van der Waals surface area (Å²) >= 11 is 5.20. The van der Waals surface area contributed by atoms with Crippen LogP contribution in [0.2, 0.25) is 0 Å². The summed E-state index contributed by atoms with van der Waals surface area (Å²) in [6, 6.07) is 14.2. The second-order valence-corrected chi connectivity index (χ2v) is 5.59. The van der Waals surface area contributed by atoms with Crippen molar-refractivity contribution < 1.29 is 19.0 Å². The molecule has 0 aromatic heterocycles. The number of carbonyl (C=O) groups excluding carboxylic acids is 1. The van der Waals surface area contributed by atoms with Gasteiger partial charge in [0, 0.05) is 12.3 Å². The van der Waals surface area contributed by atoms with Crippen molar-refractivity contribution in [3.8, 4) is 11.5 Å². The Bertz CT molecular complexity index is 735. The number of benzene rings is 2. The van der Waals surface area contributed by atoms with Crippen molar-refractivity contribution in [2.24, 2.45) is 0 Å². The van der Waals surface area contributed by atoms with Crippen molar-refractivity contribution >= 4 is 28.9 Å². The van der Waals surface area contributed by atoms with Crippen LogP contribution in [0.15, 0.2) is 48.5 Å². The van der Waals surface area contributed by atoms with Crippen molar-refractivity contribution in [1.82, 2.24) is 5.32 Å². The van der Waals surface area contributed by atoms with Crippen LogP contribution in [0.1, 0.15) is 17.3 Å². The molecule has 0 spiro atoms. The second-order valence-electron chi connectivity index (χ2n) is 5.18. The highest BCUT2D eigenvalue weighted by molar-refractivity contribution is 7.80. The van der Waals surface area contributed by atoms with E-state index in [1.807, 2.05) is 19.1 Å². The zero-order chi connectivity index (χ0) is 18.8. The van der Waals surface area contributed by atoms with Gasteiger partial charge in [-0.05, 0) is 55.5 Å². The van der Waals surface area contributed by atoms with Gasteiger partial charge >= 0.3 is 0 Å². The Kier molecular flexibility index (Phi) is 7.85. The maximum Gasteiger partial charge on any atom is 0.261 e. The Morgan fingerprint density at radius 2 is 1.81 bits per heavy atom. The summed E-state index contributed by atoms with van der Waals surface area (Å²) in [5, 5.41) is 5.81. The van der Waals surface area contributed by atoms with Gasteiger partial charge in [0.05, 0.1) is 19.3 Å².